The van der Waals surface area contributed by atoms with E-state index >= 15 is 0 Å². The minimum Gasteiger partial charge on any atom is -0.464 e. The lowest BCUT2D eigenvalue weighted by Crippen LogP contribution is -2.21. The Bertz CT molecular complexity index is 275. The summed E-state index contributed by atoms with van der Waals surface area (Å²) in [7, 11) is 1.71. The van der Waals surface area contributed by atoms with Crippen LogP contribution in [0.2, 0.25) is 0 Å². The van der Waals surface area contributed by atoms with E-state index in [-0.39, 0.29) is 12.5 Å². The van der Waals surface area contributed by atoms with Crippen LogP contribution in [-0.4, -0.2) is 31.2 Å². The van der Waals surface area contributed by atoms with Crippen molar-refractivity contribution >= 4 is 5.97 Å². The van der Waals surface area contributed by atoms with Crippen molar-refractivity contribution in [2.75, 3.05) is 20.2 Å². The summed E-state index contributed by atoms with van der Waals surface area (Å²) in [5, 5.41) is 2.73. The maximum Gasteiger partial charge on any atom is 0.319 e. The van der Waals surface area contributed by atoms with Gasteiger partial charge in [0.05, 0.1) is 13.2 Å². The van der Waals surface area contributed by atoms with Crippen LogP contribution in [0.15, 0.2) is 24.4 Å². The fourth-order valence-electron chi connectivity index (χ4n) is 1.01. The molecule has 4 nitrogen and oxygen atoms in total. The summed E-state index contributed by atoms with van der Waals surface area (Å²) in [6.07, 6.45) is 2.39. The highest BCUT2D eigenvalue weighted by Crippen LogP contribution is 1.94. The number of esters is 1. The number of hydrogen-bond acceptors (Lipinski definition) is 4. The van der Waals surface area contributed by atoms with Crippen LogP contribution >= 0.6 is 0 Å². The van der Waals surface area contributed by atoms with Crippen LogP contribution in [-0.2, 0) is 16.0 Å². The van der Waals surface area contributed by atoms with Gasteiger partial charge in [0.25, 0.3) is 0 Å². The van der Waals surface area contributed by atoms with Crippen molar-refractivity contribution in [3.05, 3.63) is 30.1 Å². The van der Waals surface area contributed by atoms with Crippen molar-refractivity contribution in [3.63, 3.8) is 0 Å². The number of rotatable bonds is 5. The number of hydrogen-bond donors (Lipinski definition) is 1. The van der Waals surface area contributed by atoms with E-state index in [9.17, 15) is 4.79 Å². The number of aromatic nitrogens is 1. The fraction of sp³-hybridized carbons (Fsp3) is 0.400. The molecule has 0 unspecified atom stereocenters. The molecule has 1 aromatic rings. The average Bonchev–Trinajstić information content (AvgIpc) is 2.20. The maximum atomic E-state index is 10.9. The molecular weight excluding hydrogens is 180 g/mol. The number of likely N-dealkylation sites (N-methyl/N-ethyl adjacent to an activating group) is 1. The number of nitrogens with one attached hydrogen (secondary N) is 1. The highest BCUT2D eigenvalue weighted by Gasteiger charge is 2.00. The number of pyridine rings is 1. The number of ether oxygens (including phenoxy) is 1. The predicted octanol–water partition coefficient (Wildman–Crippen LogP) is 0.387. The Balaban J connectivity index is 2.19. The molecule has 0 atom stereocenters. The van der Waals surface area contributed by atoms with E-state index in [1.165, 1.54) is 0 Å². The van der Waals surface area contributed by atoms with Gasteiger partial charge in [-0.2, -0.15) is 0 Å². The van der Waals surface area contributed by atoms with Crippen LogP contribution in [0.1, 0.15) is 5.69 Å². The van der Waals surface area contributed by atoms with Gasteiger partial charge < -0.3 is 10.1 Å². The molecule has 0 fully saturated rings. The van der Waals surface area contributed by atoms with Crippen LogP contribution in [0.25, 0.3) is 0 Å². The van der Waals surface area contributed by atoms with Crippen LogP contribution < -0.4 is 5.32 Å². The molecule has 1 aromatic heterocycles. The molecule has 1 rings (SSSR count). The Morgan fingerprint density at radius 1 is 1.57 bits per heavy atom. The monoisotopic (exact) mass is 194 g/mol. The SMILES string of the molecule is CNCC(=O)OCCc1ccccn1. The minimum atomic E-state index is -0.233. The van der Waals surface area contributed by atoms with E-state index in [4.69, 9.17) is 4.74 Å². The van der Waals surface area contributed by atoms with Gasteiger partial charge in [-0.1, -0.05) is 6.07 Å². The summed E-state index contributed by atoms with van der Waals surface area (Å²) in [6, 6.07) is 5.68. The fourth-order valence-corrected chi connectivity index (χ4v) is 1.01. The molecule has 4 heteroatoms. The molecule has 0 aliphatic heterocycles. The first kappa shape index (κ1) is 10.7. The predicted molar refractivity (Wildman–Crippen MR) is 52.8 cm³/mol. The van der Waals surface area contributed by atoms with Crippen molar-refractivity contribution in [1.29, 1.82) is 0 Å². The van der Waals surface area contributed by atoms with Gasteiger partial charge in [0.1, 0.15) is 0 Å². The second-order valence-corrected chi connectivity index (χ2v) is 2.82. The molecule has 0 aliphatic rings. The zero-order chi connectivity index (χ0) is 10.2. The number of carbonyl (C=O) groups excluding carboxylic acids is 1. The standard InChI is InChI=1S/C10H14N2O2/c1-11-8-10(13)14-7-5-9-4-2-3-6-12-9/h2-4,6,11H,5,7-8H2,1H3. The lowest BCUT2D eigenvalue weighted by atomic mass is 10.3. The number of nitrogens with zero attached hydrogens (tertiary/aromatic N) is 1. The quantitative estimate of drug-likeness (QED) is 0.689. The van der Waals surface area contributed by atoms with Crippen molar-refractivity contribution < 1.29 is 9.53 Å². The van der Waals surface area contributed by atoms with Gasteiger partial charge in [-0.3, -0.25) is 9.78 Å². The van der Waals surface area contributed by atoms with Gasteiger partial charge in [-0.25, -0.2) is 0 Å². The van der Waals surface area contributed by atoms with E-state index in [0.29, 0.717) is 13.0 Å². The molecule has 0 spiro atoms. The van der Waals surface area contributed by atoms with Gasteiger partial charge in [-0.05, 0) is 19.2 Å². The minimum absolute atomic E-state index is 0.233. The Morgan fingerprint density at radius 2 is 2.43 bits per heavy atom. The Morgan fingerprint density at radius 3 is 3.07 bits per heavy atom. The largest absolute Gasteiger partial charge is 0.464 e. The first-order chi connectivity index (χ1) is 6.83. The second-order valence-electron chi connectivity index (χ2n) is 2.82. The molecule has 0 saturated carbocycles. The lowest BCUT2D eigenvalue weighted by molar-refractivity contribution is -0.142. The Hall–Kier alpha value is -1.42. The van der Waals surface area contributed by atoms with Crippen molar-refractivity contribution in [2.24, 2.45) is 0 Å². The van der Waals surface area contributed by atoms with Crippen LogP contribution in [0.5, 0.6) is 0 Å². The third kappa shape index (κ3) is 4.00. The molecule has 1 N–H and O–H groups in total. The van der Waals surface area contributed by atoms with Crippen molar-refractivity contribution in [2.45, 2.75) is 6.42 Å². The molecule has 0 bridgehead atoms. The van der Waals surface area contributed by atoms with Crippen LogP contribution in [0, 0.1) is 0 Å². The van der Waals surface area contributed by atoms with E-state index in [2.05, 4.69) is 10.3 Å². The molecule has 0 radical (unpaired) electrons. The molecule has 1 heterocycles. The zero-order valence-electron chi connectivity index (χ0n) is 8.19. The third-order valence-electron chi connectivity index (χ3n) is 1.67. The highest BCUT2D eigenvalue weighted by molar-refractivity contribution is 5.71. The lowest BCUT2D eigenvalue weighted by Gasteiger charge is -2.03. The Labute approximate surface area is 83.3 Å². The molecule has 14 heavy (non-hydrogen) atoms. The summed E-state index contributed by atoms with van der Waals surface area (Å²) in [4.78, 5) is 15.0. The van der Waals surface area contributed by atoms with Gasteiger partial charge in [-0.15, -0.1) is 0 Å². The average molecular weight is 194 g/mol. The smallest absolute Gasteiger partial charge is 0.319 e. The first-order valence-corrected chi connectivity index (χ1v) is 4.53. The van der Waals surface area contributed by atoms with E-state index < -0.39 is 0 Å². The summed E-state index contributed by atoms with van der Waals surface area (Å²) in [5.74, 6) is -0.233. The summed E-state index contributed by atoms with van der Waals surface area (Å²) in [6.45, 7) is 0.639. The topological polar surface area (TPSA) is 51.2 Å². The first-order valence-electron chi connectivity index (χ1n) is 4.53. The molecule has 0 aliphatic carbocycles. The van der Waals surface area contributed by atoms with Crippen molar-refractivity contribution in [3.8, 4) is 0 Å². The number of carbonyl (C=O) groups is 1. The van der Waals surface area contributed by atoms with Gasteiger partial charge in [0, 0.05) is 18.3 Å². The third-order valence-corrected chi connectivity index (χ3v) is 1.67. The molecule has 76 valence electrons. The normalized spacial score (nSPS) is 9.79. The van der Waals surface area contributed by atoms with E-state index in [1.54, 1.807) is 13.2 Å². The Kier molecular flexibility index (Phi) is 4.64. The van der Waals surface area contributed by atoms with E-state index in [0.717, 1.165) is 5.69 Å². The van der Waals surface area contributed by atoms with E-state index in [1.807, 2.05) is 18.2 Å². The zero-order valence-corrected chi connectivity index (χ0v) is 8.19. The van der Waals surface area contributed by atoms with Gasteiger partial charge in [0.2, 0.25) is 0 Å². The van der Waals surface area contributed by atoms with Crippen molar-refractivity contribution in [1.82, 2.24) is 10.3 Å². The second kappa shape index (κ2) is 6.10. The van der Waals surface area contributed by atoms with Crippen LogP contribution in [0.3, 0.4) is 0 Å². The summed E-state index contributed by atoms with van der Waals surface area (Å²) >= 11 is 0. The van der Waals surface area contributed by atoms with Crippen LogP contribution in [0.4, 0.5) is 0 Å². The van der Waals surface area contributed by atoms with Gasteiger partial charge >= 0.3 is 5.97 Å². The summed E-state index contributed by atoms with van der Waals surface area (Å²) < 4.78 is 4.94. The van der Waals surface area contributed by atoms with Gasteiger partial charge in [0.15, 0.2) is 0 Å². The molecule has 0 aromatic carbocycles. The molecule has 0 saturated heterocycles. The summed E-state index contributed by atoms with van der Waals surface area (Å²) in [5.41, 5.74) is 0.935. The molecular formula is C10H14N2O2. The molecule has 0 amide bonds. The maximum absolute atomic E-state index is 10.9. The highest BCUT2D eigenvalue weighted by atomic mass is 16.5.